The van der Waals surface area contributed by atoms with Gasteiger partial charge >= 0.3 is 6.03 Å². The highest BCUT2D eigenvalue weighted by atomic mass is 19.1. The molecule has 0 saturated carbocycles. The molecular formula is C20H27FN2O5. The third-order valence-corrected chi connectivity index (χ3v) is 5.72. The van der Waals surface area contributed by atoms with Gasteiger partial charge < -0.3 is 29.2 Å². The molecular weight excluding hydrogens is 367 g/mol. The maximum Gasteiger partial charge on any atom is 0.317 e. The van der Waals surface area contributed by atoms with E-state index < -0.39 is 5.60 Å². The molecule has 2 amide bonds. The summed E-state index contributed by atoms with van der Waals surface area (Å²) >= 11 is 0. The lowest BCUT2D eigenvalue weighted by Gasteiger charge is -2.45. The van der Waals surface area contributed by atoms with E-state index in [1.165, 1.54) is 12.1 Å². The molecule has 3 heterocycles. The number of nitrogens with zero attached hydrogens (tertiary/aromatic N) is 1. The molecule has 3 aliphatic rings. The molecule has 0 aromatic heterocycles. The summed E-state index contributed by atoms with van der Waals surface area (Å²) in [7, 11) is 0. The Morgan fingerprint density at radius 1 is 1.39 bits per heavy atom. The van der Waals surface area contributed by atoms with Crippen LogP contribution in [0.2, 0.25) is 0 Å². The number of halogens is 1. The van der Waals surface area contributed by atoms with Crippen LogP contribution < -0.4 is 10.1 Å². The fourth-order valence-electron chi connectivity index (χ4n) is 4.31. The zero-order chi connectivity index (χ0) is 19.7. The SMILES string of the molecule is CC1CN(C(=O)NCCc2cc(F)cc3c2OCOC3)CC2(CCOC2C)O1. The molecule has 0 radical (unpaired) electrons. The summed E-state index contributed by atoms with van der Waals surface area (Å²) in [5.74, 6) is 0.339. The van der Waals surface area contributed by atoms with Gasteiger partial charge in [0.05, 0.1) is 25.4 Å². The lowest BCUT2D eigenvalue weighted by Crippen LogP contribution is -2.61. The summed E-state index contributed by atoms with van der Waals surface area (Å²) in [6.07, 6.45) is 1.18. The fraction of sp³-hybridized carbons (Fsp3) is 0.650. The van der Waals surface area contributed by atoms with Gasteiger partial charge in [-0.15, -0.1) is 0 Å². The van der Waals surface area contributed by atoms with E-state index in [1.807, 2.05) is 13.8 Å². The van der Waals surface area contributed by atoms with E-state index in [-0.39, 0.29) is 30.8 Å². The highest BCUT2D eigenvalue weighted by Crippen LogP contribution is 2.35. The molecule has 1 aromatic rings. The first-order chi connectivity index (χ1) is 13.5. The number of amides is 2. The van der Waals surface area contributed by atoms with Crippen molar-refractivity contribution >= 4 is 6.03 Å². The number of carbonyl (C=O) groups excluding carboxylic acids is 1. The van der Waals surface area contributed by atoms with E-state index in [1.54, 1.807) is 4.90 Å². The highest BCUT2D eigenvalue weighted by molar-refractivity contribution is 5.74. The Morgan fingerprint density at radius 2 is 2.25 bits per heavy atom. The first-order valence-corrected chi connectivity index (χ1v) is 9.81. The van der Waals surface area contributed by atoms with E-state index in [0.717, 1.165) is 12.0 Å². The van der Waals surface area contributed by atoms with Gasteiger partial charge in [-0.3, -0.25) is 0 Å². The van der Waals surface area contributed by atoms with Crippen LogP contribution in [0.4, 0.5) is 9.18 Å². The van der Waals surface area contributed by atoms with E-state index in [9.17, 15) is 9.18 Å². The molecule has 8 heteroatoms. The van der Waals surface area contributed by atoms with Crippen LogP contribution in [-0.2, 0) is 27.2 Å². The second-order valence-electron chi connectivity index (χ2n) is 7.78. The Morgan fingerprint density at radius 3 is 3.04 bits per heavy atom. The minimum absolute atomic E-state index is 0.0382. The quantitative estimate of drug-likeness (QED) is 0.851. The number of ether oxygens (including phenoxy) is 4. The number of urea groups is 1. The molecule has 1 spiro atoms. The second-order valence-corrected chi connectivity index (χ2v) is 7.78. The van der Waals surface area contributed by atoms with Crippen LogP contribution in [-0.4, -0.2) is 61.8 Å². The minimum atomic E-state index is -0.426. The van der Waals surface area contributed by atoms with Gasteiger partial charge in [0.25, 0.3) is 0 Å². The van der Waals surface area contributed by atoms with Crippen molar-refractivity contribution in [1.82, 2.24) is 10.2 Å². The number of carbonyl (C=O) groups is 1. The standard InChI is InChI=1S/C20H27FN2O5/c1-13-9-23(11-20(28-13)4-6-26-14(20)2)19(24)22-5-3-15-7-17(21)8-16-10-25-12-27-18(15)16/h7-8,13-14H,3-6,9-12H2,1-2H3,(H,22,24). The van der Waals surface area contributed by atoms with Crippen molar-refractivity contribution in [3.63, 3.8) is 0 Å². The topological polar surface area (TPSA) is 69.3 Å². The zero-order valence-corrected chi connectivity index (χ0v) is 16.3. The molecule has 7 nitrogen and oxygen atoms in total. The Hall–Kier alpha value is -1.90. The van der Waals surface area contributed by atoms with Crippen molar-refractivity contribution in [3.05, 3.63) is 29.1 Å². The largest absolute Gasteiger partial charge is 0.467 e. The number of benzene rings is 1. The van der Waals surface area contributed by atoms with Crippen LogP contribution >= 0.6 is 0 Å². The van der Waals surface area contributed by atoms with Gasteiger partial charge in [0.15, 0.2) is 6.79 Å². The maximum atomic E-state index is 13.8. The summed E-state index contributed by atoms with van der Waals surface area (Å²) in [6.45, 7) is 6.56. The average Bonchev–Trinajstić information content (AvgIpc) is 3.00. The van der Waals surface area contributed by atoms with Crippen molar-refractivity contribution in [3.8, 4) is 5.75 Å². The van der Waals surface area contributed by atoms with E-state index in [2.05, 4.69) is 5.32 Å². The van der Waals surface area contributed by atoms with Crippen molar-refractivity contribution in [2.45, 2.75) is 51.1 Å². The lowest BCUT2D eigenvalue weighted by molar-refractivity contribution is -0.159. The summed E-state index contributed by atoms with van der Waals surface area (Å²) in [6, 6.07) is 2.75. The van der Waals surface area contributed by atoms with Crippen LogP contribution in [0.1, 0.15) is 31.4 Å². The molecule has 1 aromatic carbocycles. The van der Waals surface area contributed by atoms with Gasteiger partial charge in [-0.25, -0.2) is 9.18 Å². The van der Waals surface area contributed by atoms with Crippen molar-refractivity contribution in [1.29, 1.82) is 0 Å². The molecule has 0 bridgehead atoms. The van der Waals surface area contributed by atoms with E-state index >= 15 is 0 Å². The van der Waals surface area contributed by atoms with Gasteiger partial charge in [-0.1, -0.05) is 0 Å². The predicted octanol–water partition coefficient (Wildman–Crippen LogP) is 2.21. The molecule has 3 unspecified atom stereocenters. The smallest absolute Gasteiger partial charge is 0.317 e. The molecule has 2 saturated heterocycles. The van der Waals surface area contributed by atoms with Gasteiger partial charge in [0.2, 0.25) is 0 Å². The van der Waals surface area contributed by atoms with Crippen molar-refractivity contribution < 1.29 is 28.1 Å². The third kappa shape index (κ3) is 3.81. The Bertz CT molecular complexity index is 746. The third-order valence-electron chi connectivity index (χ3n) is 5.72. The summed E-state index contributed by atoms with van der Waals surface area (Å²) in [5.41, 5.74) is 1.01. The Balaban J connectivity index is 1.37. The molecule has 154 valence electrons. The maximum absolute atomic E-state index is 13.8. The number of fused-ring (bicyclic) bond motifs is 1. The molecule has 28 heavy (non-hydrogen) atoms. The molecule has 3 atom stereocenters. The monoisotopic (exact) mass is 394 g/mol. The van der Waals surface area contributed by atoms with Crippen LogP contribution in [0, 0.1) is 5.82 Å². The van der Waals surface area contributed by atoms with Crippen LogP contribution in [0.25, 0.3) is 0 Å². The van der Waals surface area contributed by atoms with Gasteiger partial charge in [-0.2, -0.15) is 0 Å². The summed E-state index contributed by atoms with van der Waals surface area (Å²) in [4.78, 5) is 14.5. The molecule has 2 fully saturated rings. The summed E-state index contributed by atoms with van der Waals surface area (Å²) in [5, 5.41) is 2.95. The second kappa shape index (κ2) is 7.85. The van der Waals surface area contributed by atoms with Crippen molar-refractivity contribution in [2.75, 3.05) is 33.0 Å². The highest BCUT2D eigenvalue weighted by Gasteiger charge is 2.48. The number of rotatable bonds is 3. The molecule has 3 aliphatic heterocycles. The normalized spacial score (nSPS) is 29.5. The molecule has 0 aliphatic carbocycles. The average molecular weight is 394 g/mol. The van der Waals surface area contributed by atoms with Crippen molar-refractivity contribution in [2.24, 2.45) is 0 Å². The van der Waals surface area contributed by atoms with Crippen LogP contribution in [0.15, 0.2) is 12.1 Å². The van der Waals surface area contributed by atoms with Crippen LogP contribution in [0.5, 0.6) is 5.75 Å². The number of hydrogen-bond acceptors (Lipinski definition) is 5. The number of hydrogen-bond donors (Lipinski definition) is 1. The number of morpholine rings is 1. The molecule has 1 N–H and O–H groups in total. The van der Waals surface area contributed by atoms with Crippen LogP contribution in [0.3, 0.4) is 0 Å². The van der Waals surface area contributed by atoms with E-state index in [4.69, 9.17) is 18.9 Å². The first-order valence-electron chi connectivity index (χ1n) is 9.81. The van der Waals surface area contributed by atoms with E-state index in [0.29, 0.717) is 50.6 Å². The molecule has 4 rings (SSSR count). The number of nitrogens with one attached hydrogen (secondary N) is 1. The lowest BCUT2D eigenvalue weighted by atomic mass is 9.93. The minimum Gasteiger partial charge on any atom is -0.467 e. The summed E-state index contributed by atoms with van der Waals surface area (Å²) < 4.78 is 36.4. The Kier molecular flexibility index (Phi) is 5.44. The Labute approximate surface area is 164 Å². The van der Waals surface area contributed by atoms with Gasteiger partial charge in [0.1, 0.15) is 17.2 Å². The zero-order valence-electron chi connectivity index (χ0n) is 16.3. The fourth-order valence-corrected chi connectivity index (χ4v) is 4.31. The predicted molar refractivity (Wildman–Crippen MR) is 98.7 cm³/mol. The van der Waals surface area contributed by atoms with Gasteiger partial charge in [0, 0.05) is 31.7 Å². The first kappa shape index (κ1) is 19.4. The van der Waals surface area contributed by atoms with Gasteiger partial charge in [-0.05, 0) is 38.0 Å².